The van der Waals surface area contributed by atoms with Gasteiger partial charge in [-0.25, -0.2) is 0 Å². The van der Waals surface area contributed by atoms with Gasteiger partial charge in [0.2, 0.25) is 0 Å². The molecule has 2 nitrogen and oxygen atoms in total. The number of aromatic nitrogens is 1. The van der Waals surface area contributed by atoms with Gasteiger partial charge in [0.25, 0.3) is 0 Å². The number of hydrogen-bond donors (Lipinski definition) is 1. The molecule has 1 heterocycles. The molecule has 18 heavy (non-hydrogen) atoms. The number of nitrogens with two attached hydrogens (primary N) is 1. The Morgan fingerprint density at radius 2 is 1.89 bits per heavy atom. The van der Waals surface area contributed by atoms with Crippen molar-refractivity contribution in [3.8, 4) is 11.1 Å². The Morgan fingerprint density at radius 1 is 1.11 bits per heavy atom. The van der Waals surface area contributed by atoms with Gasteiger partial charge in [-0.3, -0.25) is 4.98 Å². The summed E-state index contributed by atoms with van der Waals surface area (Å²) in [5.74, 6) is 0. The summed E-state index contributed by atoms with van der Waals surface area (Å²) >= 11 is 0. The highest BCUT2D eigenvalue weighted by atomic mass is 19.4. The maximum atomic E-state index is 12.6. The molecule has 0 atom stereocenters. The second-order valence-corrected chi connectivity index (χ2v) is 3.78. The van der Waals surface area contributed by atoms with Crippen LogP contribution >= 0.6 is 0 Å². The number of nitrogens with zero attached hydrogens (tertiary/aromatic N) is 1. The maximum absolute atomic E-state index is 12.6. The van der Waals surface area contributed by atoms with Crippen molar-refractivity contribution in [3.63, 3.8) is 0 Å². The van der Waals surface area contributed by atoms with Crippen molar-refractivity contribution in [2.75, 3.05) is 0 Å². The van der Waals surface area contributed by atoms with Crippen LogP contribution in [-0.4, -0.2) is 4.98 Å². The fourth-order valence-electron chi connectivity index (χ4n) is 1.73. The number of halogens is 3. The molecule has 5 heteroatoms. The van der Waals surface area contributed by atoms with Crippen LogP contribution in [-0.2, 0) is 12.7 Å². The number of pyridine rings is 1. The Kier molecular flexibility index (Phi) is 3.34. The topological polar surface area (TPSA) is 38.9 Å². The second-order valence-electron chi connectivity index (χ2n) is 3.78. The molecule has 0 saturated heterocycles. The third-order valence-electron chi connectivity index (χ3n) is 2.58. The molecule has 2 rings (SSSR count). The van der Waals surface area contributed by atoms with Crippen LogP contribution in [0.2, 0.25) is 0 Å². The summed E-state index contributed by atoms with van der Waals surface area (Å²) in [6.07, 6.45) is -2.78. The van der Waals surface area contributed by atoms with Gasteiger partial charge in [0.1, 0.15) is 0 Å². The van der Waals surface area contributed by atoms with Crippen molar-refractivity contribution in [1.82, 2.24) is 4.98 Å². The van der Waals surface area contributed by atoms with E-state index < -0.39 is 11.7 Å². The first-order valence-corrected chi connectivity index (χ1v) is 5.34. The summed E-state index contributed by atoms with van der Waals surface area (Å²) in [6.45, 7) is 0.187. The smallest absolute Gasteiger partial charge is 0.325 e. The van der Waals surface area contributed by atoms with Crippen molar-refractivity contribution >= 4 is 0 Å². The first-order chi connectivity index (χ1) is 8.52. The number of rotatable bonds is 2. The van der Waals surface area contributed by atoms with Gasteiger partial charge in [-0.15, -0.1) is 0 Å². The van der Waals surface area contributed by atoms with Crippen molar-refractivity contribution in [2.45, 2.75) is 12.7 Å². The van der Waals surface area contributed by atoms with Crippen molar-refractivity contribution in [1.29, 1.82) is 0 Å². The SMILES string of the molecule is NCc1ncccc1-c1cccc(C(F)(F)F)c1. The van der Waals surface area contributed by atoms with Crippen LogP contribution in [0.15, 0.2) is 42.6 Å². The lowest BCUT2D eigenvalue weighted by Crippen LogP contribution is -2.05. The molecule has 2 aromatic rings. The molecule has 0 amide bonds. The Labute approximate surface area is 102 Å². The Balaban J connectivity index is 2.51. The Hall–Kier alpha value is -1.88. The molecule has 0 radical (unpaired) electrons. The Morgan fingerprint density at radius 3 is 2.56 bits per heavy atom. The van der Waals surface area contributed by atoms with Gasteiger partial charge in [-0.05, 0) is 23.8 Å². The van der Waals surface area contributed by atoms with Gasteiger partial charge in [0.05, 0.1) is 11.3 Å². The predicted octanol–water partition coefficient (Wildman–Crippen LogP) is 3.23. The summed E-state index contributed by atoms with van der Waals surface area (Å²) in [5, 5.41) is 0. The molecule has 0 aliphatic rings. The lowest BCUT2D eigenvalue weighted by Gasteiger charge is -2.10. The normalized spacial score (nSPS) is 11.6. The van der Waals surface area contributed by atoms with E-state index in [1.807, 2.05) is 0 Å². The van der Waals surface area contributed by atoms with Crippen LogP contribution in [0.5, 0.6) is 0 Å². The highest BCUT2D eigenvalue weighted by Crippen LogP contribution is 2.32. The van der Waals surface area contributed by atoms with E-state index in [2.05, 4.69) is 4.98 Å². The van der Waals surface area contributed by atoms with Crippen LogP contribution in [0.4, 0.5) is 13.2 Å². The van der Waals surface area contributed by atoms with E-state index in [0.29, 0.717) is 16.8 Å². The van der Waals surface area contributed by atoms with E-state index in [9.17, 15) is 13.2 Å². The first kappa shape index (κ1) is 12.6. The zero-order valence-corrected chi connectivity index (χ0v) is 9.41. The standard InChI is InChI=1S/C13H11F3N2/c14-13(15,16)10-4-1-3-9(7-10)11-5-2-6-18-12(11)8-17/h1-7H,8,17H2. The number of alkyl halides is 3. The second kappa shape index (κ2) is 4.78. The van der Waals surface area contributed by atoms with Crippen molar-refractivity contribution < 1.29 is 13.2 Å². The van der Waals surface area contributed by atoms with E-state index >= 15 is 0 Å². The lowest BCUT2D eigenvalue weighted by molar-refractivity contribution is -0.137. The highest BCUT2D eigenvalue weighted by Gasteiger charge is 2.30. The Bertz CT molecular complexity index is 550. The largest absolute Gasteiger partial charge is 0.416 e. The summed E-state index contributed by atoms with van der Waals surface area (Å²) in [7, 11) is 0. The molecule has 0 fully saturated rings. The third-order valence-corrected chi connectivity index (χ3v) is 2.58. The van der Waals surface area contributed by atoms with E-state index in [4.69, 9.17) is 5.73 Å². The zero-order chi connectivity index (χ0) is 13.2. The summed E-state index contributed by atoms with van der Waals surface area (Å²) in [5.41, 5.74) is 6.53. The van der Waals surface area contributed by atoms with E-state index in [-0.39, 0.29) is 6.54 Å². The molecular weight excluding hydrogens is 241 g/mol. The molecule has 2 N–H and O–H groups in total. The molecule has 0 unspecified atom stereocenters. The minimum Gasteiger partial charge on any atom is -0.325 e. The molecule has 0 spiro atoms. The van der Waals surface area contributed by atoms with Gasteiger partial charge in [-0.2, -0.15) is 13.2 Å². The van der Waals surface area contributed by atoms with E-state index in [0.717, 1.165) is 12.1 Å². The van der Waals surface area contributed by atoms with Crippen LogP contribution in [0.3, 0.4) is 0 Å². The van der Waals surface area contributed by atoms with Crippen molar-refractivity contribution in [3.05, 3.63) is 53.9 Å². The fourth-order valence-corrected chi connectivity index (χ4v) is 1.73. The van der Waals surface area contributed by atoms with Crippen molar-refractivity contribution in [2.24, 2.45) is 5.73 Å². The molecule has 0 saturated carbocycles. The molecule has 94 valence electrons. The zero-order valence-electron chi connectivity index (χ0n) is 9.41. The first-order valence-electron chi connectivity index (χ1n) is 5.34. The van der Waals surface area contributed by atoms with Gasteiger partial charge < -0.3 is 5.73 Å². The third kappa shape index (κ3) is 2.51. The van der Waals surface area contributed by atoms with Crippen LogP contribution in [0.25, 0.3) is 11.1 Å². The molecule has 0 aliphatic carbocycles. The van der Waals surface area contributed by atoms with Crippen LogP contribution < -0.4 is 5.73 Å². The fraction of sp³-hybridized carbons (Fsp3) is 0.154. The van der Waals surface area contributed by atoms with Gasteiger partial charge in [-0.1, -0.05) is 18.2 Å². The van der Waals surface area contributed by atoms with Gasteiger partial charge in [0, 0.05) is 18.3 Å². The molecular formula is C13H11F3N2. The van der Waals surface area contributed by atoms with Crippen LogP contribution in [0, 0.1) is 0 Å². The van der Waals surface area contributed by atoms with Gasteiger partial charge in [0.15, 0.2) is 0 Å². The monoisotopic (exact) mass is 252 g/mol. The maximum Gasteiger partial charge on any atom is 0.416 e. The summed E-state index contributed by atoms with van der Waals surface area (Å²) in [4.78, 5) is 4.06. The molecule has 1 aromatic heterocycles. The molecule has 0 bridgehead atoms. The minimum absolute atomic E-state index is 0.187. The number of benzene rings is 1. The average molecular weight is 252 g/mol. The highest BCUT2D eigenvalue weighted by molar-refractivity contribution is 5.66. The quantitative estimate of drug-likeness (QED) is 0.891. The predicted molar refractivity (Wildman–Crippen MR) is 62.6 cm³/mol. The van der Waals surface area contributed by atoms with E-state index in [1.54, 1.807) is 24.4 Å². The average Bonchev–Trinajstić information content (AvgIpc) is 2.38. The summed E-state index contributed by atoms with van der Waals surface area (Å²) in [6, 6.07) is 8.54. The minimum atomic E-state index is -4.35. The van der Waals surface area contributed by atoms with Gasteiger partial charge >= 0.3 is 6.18 Å². The summed E-state index contributed by atoms with van der Waals surface area (Å²) < 4.78 is 37.9. The van der Waals surface area contributed by atoms with E-state index in [1.165, 1.54) is 6.07 Å². The molecule has 0 aliphatic heterocycles. The molecule has 1 aromatic carbocycles. The van der Waals surface area contributed by atoms with Crippen LogP contribution in [0.1, 0.15) is 11.3 Å². The number of hydrogen-bond acceptors (Lipinski definition) is 2. The lowest BCUT2D eigenvalue weighted by atomic mass is 10.0.